The maximum atomic E-state index is 12.0. The second kappa shape index (κ2) is 8.29. The van der Waals surface area contributed by atoms with Crippen LogP contribution in [-0.4, -0.2) is 24.2 Å². The lowest BCUT2D eigenvalue weighted by Gasteiger charge is -2.12. The monoisotopic (exact) mass is 373 g/mol. The van der Waals surface area contributed by atoms with Gasteiger partial charge in [-0.15, -0.1) is 0 Å². The Kier molecular flexibility index (Phi) is 5.85. The van der Waals surface area contributed by atoms with Crippen LogP contribution in [0.5, 0.6) is 5.75 Å². The fraction of sp³-hybridized carbons (Fsp3) is 0.316. The van der Waals surface area contributed by atoms with Gasteiger partial charge >= 0.3 is 0 Å². The number of nitro groups is 1. The highest BCUT2D eigenvalue weighted by molar-refractivity contribution is 6.31. The van der Waals surface area contributed by atoms with E-state index in [9.17, 15) is 15.2 Å². The van der Waals surface area contributed by atoms with Crippen molar-refractivity contribution < 1.29 is 14.9 Å². The zero-order chi connectivity index (χ0) is 18.5. The van der Waals surface area contributed by atoms with E-state index in [4.69, 9.17) is 11.6 Å². The topological polar surface area (TPSA) is 83.0 Å². The molecule has 26 heavy (non-hydrogen) atoms. The molecule has 136 valence electrons. The third-order valence-electron chi connectivity index (χ3n) is 4.55. The Morgan fingerprint density at radius 3 is 2.46 bits per heavy atom. The van der Waals surface area contributed by atoms with Crippen LogP contribution < -0.4 is 10.0 Å². The van der Waals surface area contributed by atoms with Crippen LogP contribution >= 0.6 is 11.6 Å². The minimum Gasteiger partial charge on any atom is -0.867 e. The first-order valence-corrected chi connectivity index (χ1v) is 8.97. The number of quaternary nitrogens is 1. The van der Waals surface area contributed by atoms with Crippen LogP contribution in [0.1, 0.15) is 29.5 Å². The predicted octanol–water partition coefficient (Wildman–Crippen LogP) is 2.12. The molecule has 1 heterocycles. The molecule has 6 nitrogen and oxygen atoms in total. The zero-order valence-electron chi connectivity index (χ0n) is 14.3. The molecule has 1 aliphatic rings. The second-order valence-electron chi connectivity index (χ2n) is 6.52. The molecule has 1 N–H and O–H groups in total. The molecule has 2 aromatic carbocycles. The van der Waals surface area contributed by atoms with Gasteiger partial charge in [0.25, 0.3) is 5.69 Å². The summed E-state index contributed by atoms with van der Waals surface area (Å²) in [5.41, 5.74) is 1.92. The SMILES string of the molecule is O=[N+]([O-])c1cc(Cl)cc(C=NCc2ccc(C[NH+]3CCCC3)cc2)c1[O-]. The van der Waals surface area contributed by atoms with Crippen LogP contribution in [0.4, 0.5) is 5.69 Å². The molecule has 0 unspecified atom stereocenters. The van der Waals surface area contributed by atoms with Gasteiger partial charge in [-0.25, -0.2) is 0 Å². The number of nitrogens with zero attached hydrogens (tertiary/aromatic N) is 2. The van der Waals surface area contributed by atoms with Crippen LogP contribution in [0.2, 0.25) is 5.02 Å². The zero-order valence-corrected chi connectivity index (χ0v) is 15.0. The van der Waals surface area contributed by atoms with Gasteiger partial charge in [-0.3, -0.25) is 15.1 Å². The van der Waals surface area contributed by atoms with Crippen molar-refractivity contribution in [2.24, 2.45) is 4.99 Å². The van der Waals surface area contributed by atoms with Crippen molar-refractivity contribution in [2.45, 2.75) is 25.9 Å². The van der Waals surface area contributed by atoms with Crippen molar-refractivity contribution in [2.75, 3.05) is 13.1 Å². The minimum atomic E-state index is -0.730. The number of rotatable bonds is 6. The highest BCUT2D eigenvalue weighted by Gasteiger charge is 2.15. The van der Waals surface area contributed by atoms with Gasteiger partial charge < -0.3 is 10.0 Å². The van der Waals surface area contributed by atoms with Gasteiger partial charge in [0.2, 0.25) is 0 Å². The molecule has 2 aromatic rings. The van der Waals surface area contributed by atoms with Crippen LogP contribution in [-0.2, 0) is 13.1 Å². The van der Waals surface area contributed by atoms with Crippen molar-refractivity contribution >= 4 is 23.5 Å². The Balaban J connectivity index is 1.64. The number of hydrogen-bond donors (Lipinski definition) is 1. The Morgan fingerprint density at radius 1 is 1.15 bits per heavy atom. The Hall–Kier alpha value is -2.44. The third kappa shape index (κ3) is 4.59. The lowest BCUT2D eigenvalue weighted by atomic mass is 10.1. The van der Waals surface area contributed by atoms with E-state index >= 15 is 0 Å². The average molecular weight is 374 g/mol. The van der Waals surface area contributed by atoms with Crippen molar-refractivity contribution in [1.82, 2.24) is 0 Å². The number of nitrogens with one attached hydrogen (secondary N) is 1. The molecule has 1 aliphatic heterocycles. The summed E-state index contributed by atoms with van der Waals surface area (Å²) in [4.78, 5) is 16.0. The Morgan fingerprint density at radius 2 is 1.81 bits per heavy atom. The molecule has 7 heteroatoms. The first-order valence-electron chi connectivity index (χ1n) is 8.59. The number of nitro benzene ring substituents is 1. The van der Waals surface area contributed by atoms with Crippen molar-refractivity contribution in [1.29, 1.82) is 0 Å². The van der Waals surface area contributed by atoms with Crippen molar-refractivity contribution in [3.63, 3.8) is 0 Å². The Labute approximate surface area is 156 Å². The van der Waals surface area contributed by atoms with E-state index in [0.29, 0.717) is 6.54 Å². The summed E-state index contributed by atoms with van der Waals surface area (Å²) in [6.45, 7) is 3.94. The van der Waals surface area contributed by atoms with Gasteiger partial charge in [0.1, 0.15) is 6.54 Å². The fourth-order valence-corrected chi connectivity index (χ4v) is 3.40. The molecule has 1 fully saturated rings. The molecule has 0 aromatic heterocycles. The standard InChI is InChI=1S/C19H20ClN3O3/c20-17-9-16(19(24)18(10-17)23(25)26)12-21-11-14-3-5-15(6-4-14)13-22-7-1-2-8-22/h3-6,9-10,12,24H,1-2,7-8,11,13H2. The predicted molar refractivity (Wildman–Crippen MR) is 98.9 cm³/mol. The van der Waals surface area contributed by atoms with Gasteiger partial charge in [-0.1, -0.05) is 35.9 Å². The molecule has 0 bridgehead atoms. The first kappa shape index (κ1) is 18.4. The summed E-state index contributed by atoms with van der Waals surface area (Å²) >= 11 is 5.84. The molecular weight excluding hydrogens is 354 g/mol. The lowest BCUT2D eigenvalue weighted by Crippen LogP contribution is -3.08. The van der Waals surface area contributed by atoms with Gasteiger partial charge in [-0.05, 0) is 22.9 Å². The average Bonchev–Trinajstić information content (AvgIpc) is 3.12. The van der Waals surface area contributed by atoms with Gasteiger partial charge in [-0.2, -0.15) is 0 Å². The molecule has 0 aliphatic carbocycles. The molecule has 0 spiro atoms. The van der Waals surface area contributed by atoms with Crippen LogP contribution in [0.3, 0.4) is 0 Å². The molecule has 1 saturated heterocycles. The van der Waals surface area contributed by atoms with E-state index in [0.717, 1.165) is 18.2 Å². The minimum absolute atomic E-state index is 0.124. The maximum Gasteiger partial charge on any atom is 0.263 e. The van der Waals surface area contributed by atoms with Gasteiger partial charge in [0.05, 0.1) is 24.6 Å². The maximum absolute atomic E-state index is 12.0. The van der Waals surface area contributed by atoms with Crippen molar-refractivity contribution in [3.05, 3.63) is 68.2 Å². The highest BCUT2D eigenvalue weighted by atomic mass is 35.5. The van der Waals surface area contributed by atoms with E-state index < -0.39 is 16.4 Å². The van der Waals surface area contributed by atoms with E-state index in [-0.39, 0.29) is 10.6 Å². The quantitative estimate of drug-likeness (QED) is 0.478. The normalized spacial score (nSPS) is 15.0. The van der Waals surface area contributed by atoms with Crippen LogP contribution in [0.15, 0.2) is 41.4 Å². The summed E-state index contributed by atoms with van der Waals surface area (Å²) in [5, 5.41) is 23.0. The summed E-state index contributed by atoms with van der Waals surface area (Å²) in [7, 11) is 0. The summed E-state index contributed by atoms with van der Waals surface area (Å²) in [5.74, 6) is -0.674. The molecule has 0 saturated carbocycles. The highest BCUT2D eigenvalue weighted by Crippen LogP contribution is 2.30. The van der Waals surface area contributed by atoms with E-state index in [2.05, 4.69) is 17.1 Å². The van der Waals surface area contributed by atoms with Gasteiger partial charge in [0.15, 0.2) is 0 Å². The van der Waals surface area contributed by atoms with Crippen molar-refractivity contribution in [3.8, 4) is 5.75 Å². The van der Waals surface area contributed by atoms with Crippen LogP contribution in [0, 0.1) is 10.1 Å². The molecule has 0 radical (unpaired) electrons. The summed E-state index contributed by atoms with van der Waals surface area (Å²) in [6.07, 6.45) is 3.97. The number of halogens is 1. The molecule has 0 atom stereocenters. The lowest BCUT2D eigenvalue weighted by molar-refractivity contribution is -0.901. The summed E-state index contributed by atoms with van der Waals surface area (Å²) < 4.78 is 0. The molecular formula is C19H20ClN3O3. The number of likely N-dealkylation sites (tertiary alicyclic amines) is 1. The van der Waals surface area contributed by atoms with Gasteiger partial charge in [0, 0.05) is 35.7 Å². The summed E-state index contributed by atoms with van der Waals surface area (Å²) in [6, 6.07) is 10.7. The van der Waals surface area contributed by atoms with E-state index in [1.807, 2.05) is 12.1 Å². The smallest absolute Gasteiger partial charge is 0.263 e. The first-order chi connectivity index (χ1) is 12.5. The molecule has 0 amide bonds. The Bertz CT molecular complexity index is 816. The number of benzene rings is 2. The van der Waals surface area contributed by atoms with Crippen LogP contribution in [0.25, 0.3) is 0 Å². The second-order valence-corrected chi connectivity index (χ2v) is 6.96. The third-order valence-corrected chi connectivity index (χ3v) is 4.77. The number of hydrogen-bond acceptors (Lipinski definition) is 4. The molecule has 3 rings (SSSR count). The fourth-order valence-electron chi connectivity index (χ4n) is 3.18. The van der Waals surface area contributed by atoms with E-state index in [1.165, 1.54) is 43.8 Å². The van der Waals surface area contributed by atoms with E-state index in [1.54, 1.807) is 4.90 Å². The number of aliphatic imine (C=N–C) groups is 1. The largest absolute Gasteiger partial charge is 0.867 e.